The quantitative estimate of drug-likeness (QED) is 0.777. The minimum absolute atomic E-state index is 0.245. The Morgan fingerprint density at radius 1 is 1.14 bits per heavy atom. The van der Waals surface area contributed by atoms with Gasteiger partial charge in [-0.3, -0.25) is 0 Å². The predicted octanol–water partition coefficient (Wildman–Crippen LogP) is 4.90. The average molecular weight is 289 g/mol. The fourth-order valence-corrected chi connectivity index (χ4v) is 2.34. The second-order valence-corrected chi connectivity index (χ2v) is 5.08. The standard InChI is InChI=1S/C21H21O/c1-3-9-19-14-15-20(16-21(19)22)18(4-2)13-8-12-17-10-6-5-7-11-17/h5-8,10-11,13-16,22H,4,12H2,1-2H3. The van der Waals surface area contributed by atoms with Gasteiger partial charge in [0.25, 0.3) is 0 Å². The minimum Gasteiger partial charge on any atom is -0.507 e. The van der Waals surface area contributed by atoms with Gasteiger partial charge < -0.3 is 5.11 Å². The van der Waals surface area contributed by atoms with Gasteiger partial charge in [0.15, 0.2) is 0 Å². The van der Waals surface area contributed by atoms with E-state index in [4.69, 9.17) is 0 Å². The Bertz CT molecular complexity index is 687. The molecule has 2 rings (SSSR count). The van der Waals surface area contributed by atoms with Gasteiger partial charge in [-0.15, -0.1) is 5.92 Å². The van der Waals surface area contributed by atoms with E-state index in [0.717, 1.165) is 18.4 Å². The highest BCUT2D eigenvalue weighted by Gasteiger charge is 2.09. The van der Waals surface area contributed by atoms with Crippen LogP contribution in [0.25, 0.3) is 0 Å². The molecule has 1 heteroatoms. The van der Waals surface area contributed by atoms with Gasteiger partial charge >= 0.3 is 0 Å². The second kappa shape index (κ2) is 8.10. The van der Waals surface area contributed by atoms with Crippen LogP contribution < -0.4 is 0 Å². The Balaban J connectivity index is 2.10. The van der Waals surface area contributed by atoms with Crippen molar-refractivity contribution in [3.8, 4) is 17.6 Å². The lowest BCUT2D eigenvalue weighted by atomic mass is 9.94. The molecule has 1 N–H and O–H groups in total. The molecule has 22 heavy (non-hydrogen) atoms. The molecule has 2 aromatic carbocycles. The van der Waals surface area contributed by atoms with Gasteiger partial charge in [-0.2, -0.15) is 0 Å². The lowest BCUT2D eigenvalue weighted by Gasteiger charge is -2.11. The summed E-state index contributed by atoms with van der Waals surface area (Å²) in [4.78, 5) is 0. The molecule has 0 aliphatic rings. The van der Waals surface area contributed by atoms with Crippen LogP contribution in [0.4, 0.5) is 0 Å². The molecular formula is C21H21O. The molecule has 0 amide bonds. The van der Waals surface area contributed by atoms with Crippen molar-refractivity contribution in [3.05, 3.63) is 83.3 Å². The van der Waals surface area contributed by atoms with Crippen molar-refractivity contribution in [2.24, 2.45) is 0 Å². The van der Waals surface area contributed by atoms with Crippen LogP contribution in [0.5, 0.6) is 5.75 Å². The molecule has 0 spiro atoms. The van der Waals surface area contributed by atoms with Crippen LogP contribution in [0.2, 0.25) is 0 Å². The minimum atomic E-state index is 0.245. The van der Waals surface area contributed by atoms with E-state index in [1.165, 1.54) is 11.5 Å². The molecule has 0 fully saturated rings. The lowest BCUT2D eigenvalue weighted by Crippen LogP contribution is -1.95. The molecule has 0 bridgehead atoms. The van der Waals surface area contributed by atoms with Gasteiger partial charge in [-0.25, -0.2) is 0 Å². The third kappa shape index (κ3) is 4.27. The summed E-state index contributed by atoms with van der Waals surface area (Å²) < 4.78 is 0. The number of benzene rings is 2. The SMILES string of the molecule is CC#Cc1ccc([C](C=CCc2ccccc2)CC)cc1O. The summed E-state index contributed by atoms with van der Waals surface area (Å²) >= 11 is 0. The summed E-state index contributed by atoms with van der Waals surface area (Å²) in [6.07, 6.45) is 6.15. The van der Waals surface area contributed by atoms with E-state index < -0.39 is 0 Å². The first kappa shape index (κ1) is 15.9. The Hall–Kier alpha value is -2.46. The Morgan fingerprint density at radius 3 is 2.55 bits per heavy atom. The maximum atomic E-state index is 10.0. The third-order valence-electron chi connectivity index (χ3n) is 3.52. The van der Waals surface area contributed by atoms with Gasteiger partial charge in [-0.05, 0) is 43.0 Å². The smallest absolute Gasteiger partial charge is 0.131 e. The van der Waals surface area contributed by atoms with Crippen molar-refractivity contribution >= 4 is 0 Å². The molecule has 0 aliphatic carbocycles. The monoisotopic (exact) mass is 289 g/mol. The first-order valence-electron chi connectivity index (χ1n) is 7.57. The van der Waals surface area contributed by atoms with Crippen LogP contribution in [-0.4, -0.2) is 5.11 Å². The summed E-state index contributed by atoms with van der Waals surface area (Å²) in [6.45, 7) is 3.89. The number of phenols is 1. The largest absolute Gasteiger partial charge is 0.507 e. The van der Waals surface area contributed by atoms with Crippen molar-refractivity contribution in [2.45, 2.75) is 26.7 Å². The Labute approximate surface area is 133 Å². The van der Waals surface area contributed by atoms with Crippen LogP contribution in [0.15, 0.2) is 60.7 Å². The zero-order valence-corrected chi connectivity index (χ0v) is 13.1. The van der Waals surface area contributed by atoms with Gasteiger partial charge in [0.1, 0.15) is 5.75 Å². The van der Waals surface area contributed by atoms with Gasteiger partial charge in [0.05, 0.1) is 5.56 Å². The number of allylic oxidation sites excluding steroid dienone is 2. The van der Waals surface area contributed by atoms with Crippen LogP contribution in [-0.2, 0) is 6.42 Å². The van der Waals surface area contributed by atoms with Crippen LogP contribution in [0.1, 0.15) is 37.0 Å². The van der Waals surface area contributed by atoms with E-state index in [-0.39, 0.29) is 5.75 Å². The summed E-state index contributed by atoms with van der Waals surface area (Å²) in [5, 5.41) is 10.0. The molecule has 0 saturated carbocycles. The van der Waals surface area contributed by atoms with E-state index in [9.17, 15) is 5.11 Å². The van der Waals surface area contributed by atoms with Crippen molar-refractivity contribution < 1.29 is 5.11 Å². The Kier molecular flexibility index (Phi) is 5.86. The zero-order valence-electron chi connectivity index (χ0n) is 13.1. The molecule has 0 saturated heterocycles. The third-order valence-corrected chi connectivity index (χ3v) is 3.52. The number of rotatable bonds is 5. The molecule has 1 nitrogen and oxygen atoms in total. The number of hydrogen-bond donors (Lipinski definition) is 1. The molecule has 0 aliphatic heterocycles. The maximum absolute atomic E-state index is 10.0. The van der Waals surface area contributed by atoms with E-state index in [1.54, 1.807) is 13.0 Å². The highest BCUT2D eigenvalue weighted by atomic mass is 16.3. The molecule has 0 heterocycles. The van der Waals surface area contributed by atoms with Crippen molar-refractivity contribution in [2.75, 3.05) is 0 Å². The highest BCUT2D eigenvalue weighted by molar-refractivity contribution is 5.51. The molecule has 0 unspecified atom stereocenters. The second-order valence-electron chi connectivity index (χ2n) is 5.08. The summed E-state index contributed by atoms with van der Waals surface area (Å²) in [6, 6.07) is 16.1. The Morgan fingerprint density at radius 2 is 1.91 bits per heavy atom. The van der Waals surface area contributed by atoms with Crippen LogP contribution in [0.3, 0.4) is 0 Å². The van der Waals surface area contributed by atoms with Crippen molar-refractivity contribution in [1.82, 2.24) is 0 Å². The van der Waals surface area contributed by atoms with E-state index in [1.807, 2.05) is 18.2 Å². The number of aromatic hydroxyl groups is 1. The van der Waals surface area contributed by atoms with Gasteiger partial charge in [-0.1, -0.05) is 61.4 Å². The number of phenolic OH excluding ortho intramolecular Hbond substituents is 1. The van der Waals surface area contributed by atoms with Gasteiger partial charge in [0, 0.05) is 5.92 Å². The highest BCUT2D eigenvalue weighted by Crippen LogP contribution is 2.26. The fourth-order valence-electron chi connectivity index (χ4n) is 2.34. The van der Waals surface area contributed by atoms with E-state index >= 15 is 0 Å². The van der Waals surface area contributed by atoms with Crippen LogP contribution >= 0.6 is 0 Å². The molecular weight excluding hydrogens is 268 g/mol. The van der Waals surface area contributed by atoms with Crippen LogP contribution in [0, 0.1) is 17.8 Å². The predicted molar refractivity (Wildman–Crippen MR) is 92.6 cm³/mol. The number of hydrogen-bond acceptors (Lipinski definition) is 1. The summed E-state index contributed by atoms with van der Waals surface area (Å²) in [7, 11) is 0. The topological polar surface area (TPSA) is 20.2 Å². The summed E-state index contributed by atoms with van der Waals surface area (Å²) in [5.74, 6) is 7.16. The molecule has 2 aromatic rings. The summed E-state index contributed by atoms with van der Waals surface area (Å²) in [5.41, 5.74) is 3.02. The van der Waals surface area contributed by atoms with E-state index in [2.05, 4.69) is 55.2 Å². The molecule has 0 atom stereocenters. The lowest BCUT2D eigenvalue weighted by molar-refractivity contribution is 0.473. The van der Waals surface area contributed by atoms with E-state index in [0.29, 0.717) is 5.56 Å². The zero-order chi connectivity index (χ0) is 15.8. The normalized spacial score (nSPS) is 10.7. The first-order valence-corrected chi connectivity index (χ1v) is 7.57. The first-order chi connectivity index (χ1) is 10.7. The average Bonchev–Trinajstić information content (AvgIpc) is 2.55. The van der Waals surface area contributed by atoms with Gasteiger partial charge in [0.2, 0.25) is 0 Å². The fraction of sp³-hybridized carbons (Fsp3) is 0.190. The van der Waals surface area contributed by atoms with Crippen molar-refractivity contribution in [1.29, 1.82) is 0 Å². The molecule has 111 valence electrons. The molecule has 1 radical (unpaired) electrons. The maximum Gasteiger partial charge on any atom is 0.131 e. The van der Waals surface area contributed by atoms with Crippen molar-refractivity contribution in [3.63, 3.8) is 0 Å². The molecule has 0 aromatic heterocycles.